The predicted molar refractivity (Wildman–Crippen MR) is 70.1 cm³/mol. The Morgan fingerprint density at radius 1 is 1.07 bits per heavy atom. The smallest absolute Gasteiger partial charge is 0.259 e. The lowest BCUT2D eigenvalue weighted by atomic mass is 10.8. The number of hydrogen-bond acceptors (Lipinski definition) is 7. The van der Waals surface area contributed by atoms with Crippen molar-refractivity contribution >= 4 is 60.2 Å². The van der Waals surface area contributed by atoms with Gasteiger partial charge in [0.15, 0.2) is 0 Å². The molecule has 0 N–H and O–H groups in total. The van der Waals surface area contributed by atoms with E-state index in [0.717, 1.165) is 33.3 Å². The maximum Gasteiger partial charge on any atom is 0.259 e. The number of hydrogen-bond donors (Lipinski definition) is 0. The standard InChI is InChI=1S/C7H8N2OS4/c10-7(13-5-8-1-3-11-5)14-6-9-2-4-12-6/h1-4H2. The van der Waals surface area contributed by atoms with Crippen LogP contribution in [-0.2, 0) is 0 Å². The molecule has 7 heteroatoms. The predicted octanol–water partition coefficient (Wildman–Crippen LogP) is 2.78. The summed E-state index contributed by atoms with van der Waals surface area (Å²) in [6.07, 6.45) is 0. The fourth-order valence-corrected chi connectivity index (χ4v) is 4.98. The highest BCUT2D eigenvalue weighted by molar-refractivity contribution is 8.60. The van der Waals surface area contributed by atoms with Crippen LogP contribution in [0.1, 0.15) is 0 Å². The van der Waals surface area contributed by atoms with E-state index in [9.17, 15) is 4.79 Å². The molecule has 76 valence electrons. The molecule has 0 atom stereocenters. The third-order valence-corrected chi connectivity index (χ3v) is 5.63. The van der Waals surface area contributed by atoms with Crippen LogP contribution in [-0.4, -0.2) is 37.8 Å². The summed E-state index contributed by atoms with van der Waals surface area (Å²) < 4.78 is 1.91. The summed E-state index contributed by atoms with van der Waals surface area (Å²) >= 11 is 5.80. The minimum atomic E-state index is 0.0892. The van der Waals surface area contributed by atoms with Gasteiger partial charge in [0.1, 0.15) is 8.75 Å². The number of rotatable bonds is 0. The van der Waals surface area contributed by atoms with Crippen LogP contribution in [0.15, 0.2) is 9.98 Å². The number of nitrogens with zero attached hydrogens (tertiary/aromatic N) is 2. The molecule has 2 heterocycles. The fourth-order valence-electron chi connectivity index (χ4n) is 0.918. The van der Waals surface area contributed by atoms with E-state index in [-0.39, 0.29) is 4.45 Å². The van der Waals surface area contributed by atoms with E-state index in [2.05, 4.69) is 9.98 Å². The summed E-state index contributed by atoms with van der Waals surface area (Å²) in [5, 5.41) is 0. The highest BCUT2D eigenvalue weighted by Gasteiger charge is 2.17. The van der Waals surface area contributed by atoms with E-state index in [1.54, 1.807) is 23.5 Å². The van der Waals surface area contributed by atoms with Crippen molar-refractivity contribution in [3.05, 3.63) is 0 Å². The van der Waals surface area contributed by atoms with Gasteiger partial charge >= 0.3 is 0 Å². The molecule has 0 unspecified atom stereocenters. The molecule has 2 rings (SSSR count). The van der Waals surface area contributed by atoms with Crippen molar-refractivity contribution in [1.82, 2.24) is 0 Å². The highest BCUT2D eigenvalue weighted by atomic mass is 32.2. The van der Waals surface area contributed by atoms with Crippen molar-refractivity contribution in [2.75, 3.05) is 24.6 Å². The second-order valence-corrected chi connectivity index (χ2v) is 7.31. The van der Waals surface area contributed by atoms with E-state index in [4.69, 9.17) is 0 Å². The minimum Gasteiger partial charge on any atom is -0.273 e. The lowest BCUT2D eigenvalue weighted by Gasteiger charge is -1.97. The van der Waals surface area contributed by atoms with E-state index in [1.807, 2.05) is 0 Å². The molecule has 0 aromatic carbocycles. The van der Waals surface area contributed by atoms with Crippen molar-refractivity contribution in [2.24, 2.45) is 9.98 Å². The topological polar surface area (TPSA) is 41.8 Å². The van der Waals surface area contributed by atoms with Crippen molar-refractivity contribution in [2.45, 2.75) is 0 Å². The second kappa shape index (κ2) is 5.48. The average molecular weight is 264 g/mol. The van der Waals surface area contributed by atoms with Crippen molar-refractivity contribution in [3.8, 4) is 0 Å². The molecule has 0 aliphatic carbocycles. The summed E-state index contributed by atoms with van der Waals surface area (Å²) in [7, 11) is 0. The quantitative estimate of drug-likeness (QED) is 0.673. The van der Waals surface area contributed by atoms with Crippen LogP contribution in [0, 0.1) is 0 Å². The molecular weight excluding hydrogens is 256 g/mol. The first kappa shape index (κ1) is 10.9. The van der Waals surface area contributed by atoms with Gasteiger partial charge in [0.2, 0.25) is 0 Å². The molecule has 0 bridgehead atoms. The van der Waals surface area contributed by atoms with E-state index in [0.29, 0.717) is 0 Å². The molecular formula is C7H8N2OS4. The third-order valence-electron chi connectivity index (χ3n) is 1.46. The zero-order valence-corrected chi connectivity index (χ0v) is 10.5. The van der Waals surface area contributed by atoms with E-state index >= 15 is 0 Å². The number of carbonyl (C=O) groups is 1. The van der Waals surface area contributed by atoms with Crippen LogP contribution >= 0.6 is 47.0 Å². The summed E-state index contributed by atoms with van der Waals surface area (Å²) in [6, 6.07) is 0. The normalized spacial score (nSPS) is 20.9. The Balaban J connectivity index is 1.78. The van der Waals surface area contributed by atoms with Crippen molar-refractivity contribution in [1.29, 1.82) is 0 Å². The molecule has 2 aliphatic rings. The first-order chi connectivity index (χ1) is 6.84. The average Bonchev–Trinajstić information content (AvgIpc) is 2.76. The van der Waals surface area contributed by atoms with Gasteiger partial charge in [-0.15, -0.1) is 0 Å². The lowest BCUT2D eigenvalue weighted by molar-refractivity contribution is 0.277. The van der Waals surface area contributed by atoms with Crippen LogP contribution in [0.5, 0.6) is 0 Å². The van der Waals surface area contributed by atoms with Gasteiger partial charge < -0.3 is 0 Å². The number of carbonyl (C=O) groups excluding carboxylic acids is 1. The van der Waals surface area contributed by atoms with Gasteiger partial charge in [0.05, 0.1) is 13.1 Å². The largest absolute Gasteiger partial charge is 0.273 e. The Kier molecular flexibility index (Phi) is 4.27. The Morgan fingerprint density at radius 3 is 1.93 bits per heavy atom. The molecule has 14 heavy (non-hydrogen) atoms. The summed E-state index contributed by atoms with van der Waals surface area (Å²) in [5.41, 5.74) is 0. The fraction of sp³-hybridized carbons (Fsp3) is 0.571. The molecule has 3 nitrogen and oxygen atoms in total. The molecule has 0 spiro atoms. The molecule has 0 saturated heterocycles. The van der Waals surface area contributed by atoms with E-state index < -0.39 is 0 Å². The van der Waals surface area contributed by atoms with Crippen LogP contribution < -0.4 is 0 Å². The first-order valence-electron chi connectivity index (χ1n) is 4.09. The molecule has 0 radical (unpaired) electrons. The second-order valence-electron chi connectivity index (χ2n) is 2.45. The van der Waals surface area contributed by atoms with Gasteiger partial charge in [0, 0.05) is 11.5 Å². The molecule has 0 fully saturated rings. The van der Waals surface area contributed by atoms with Crippen LogP contribution in [0.2, 0.25) is 0 Å². The maximum atomic E-state index is 11.5. The summed E-state index contributed by atoms with van der Waals surface area (Å²) in [4.78, 5) is 19.9. The molecule has 0 amide bonds. The monoisotopic (exact) mass is 264 g/mol. The van der Waals surface area contributed by atoms with Crippen LogP contribution in [0.4, 0.5) is 4.79 Å². The Bertz CT molecular complexity index is 274. The van der Waals surface area contributed by atoms with Gasteiger partial charge in [-0.05, 0) is 23.5 Å². The van der Waals surface area contributed by atoms with Gasteiger partial charge in [-0.3, -0.25) is 14.8 Å². The minimum absolute atomic E-state index is 0.0892. The maximum absolute atomic E-state index is 11.5. The van der Waals surface area contributed by atoms with Crippen LogP contribution in [0.3, 0.4) is 0 Å². The van der Waals surface area contributed by atoms with Gasteiger partial charge in [-0.25, -0.2) is 0 Å². The molecule has 2 aliphatic heterocycles. The SMILES string of the molecule is O=C(SC1=NCCS1)SC1=NCCS1. The molecule has 0 aromatic heterocycles. The summed E-state index contributed by atoms with van der Waals surface area (Å²) in [5.74, 6) is 2.02. The Morgan fingerprint density at radius 2 is 1.57 bits per heavy atom. The third kappa shape index (κ3) is 3.22. The van der Waals surface area contributed by atoms with E-state index in [1.165, 1.54) is 23.5 Å². The number of thioether (sulfide) groups is 4. The lowest BCUT2D eigenvalue weighted by Crippen LogP contribution is -1.90. The molecule has 0 saturated carbocycles. The highest BCUT2D eigenvalue weighted by Crippen LogP contribution is 2.31. The molecule has 0 aromatic rings. The summed E-state index contributed by atoms with van der Waals surface area (Å²) in [6.45, 7) is 1.70. The number of aliphatic imine (C=N–C) groups is 2. The Hall–Kier alpha value is 0.410. The first-order valence-corrected chi connectivity index (χ1v) is 7.69. The van der Waals surface area contributed by atoms with Crippen molar-refractivity contribution in [3.63, 3.8) is 0 Å². The van der Waals surface area contributed by atoms with Crippen LogP contribution in [0.25, 0.3) is 0 Å². The zero-order chi connectivity index (χ0) is 9.80. The van der Waals surface area contributed by atoms with Crippen molar-refractivity contribution < 1.29 is 4.79 Å². The zero-order valence-electron chi connectivity index (χ0n) is 7.26. The van der Waals surface area contributed by atoms with Gasteiger partial charge in [-0.2, -0.15) is 0 Å². The van der Waals surface area contributed by atoms with Gasteiger partial charge in [-0.1, -0.05) is 23.5 Å². The Labute approximate surface area is 99.4 Å². The van der Waals surface area contributed by atoms with Gasteiger partial charge in [0.25, 0.3) is 4.45 Å².